The Morgan fingerprint density at radius 3 is 2.69 bits per heavy atom. The van der Waals surface area contributed by atoms with Gasteiger partial charge >= 0.3 is 0 Å². The minimum absolute atomic E-state index is 0.179. The Morgan fingerprint density at radius 1 is 1.44 bits per heavy atom. The van der Waals surface area contributed by atoms with Gasteiger partial charge in [-0.25, -0.2) is 0 Å². The van der Waals surface area contributed by atoms with Crippen molar-refractivity contribution >= 4 is 18.1 Å². The van der Waals surface area contributed by atoms with E-state index in [-0.39, 0.29) is 5.91 Å². The number of imidazole rings is 1. The third-order valence-corrected chi connectivity index (χ3v) is 3.42. The second kappa shape index (κ2) is 4.82. The van der Waals surface area contributed by atoms with Crippen molar-refractivity contribution in [3.63, 3.8) is 0 Å². The third kappa shape index (κ3) is 2.35. The summed E-state index contributed by atoms with van der Waals surface area (Å²) >= 11 is 5.13. The number of carbonyl (C=O) groups is 1. The topological polar surface area (TPSA) is 41.0 Å². The monoisotopic (exact) mass is 239 g/mol. The molecule has 0 aliphatic carbocycles. The van der Waals surface area contributed by atoms with E-state index in [1.165, 1.54) is 6.42 Å². The van der Waals surface area contributed by atoms with Crippen molar-refractivity contribution in [1.29, 1.82) is 0 Å². The van der Waals surface area contributed by atoms with Crippen LogP contribution in [0.5, 0.6) is 0 Å². The molecule has 88 valence electrons. The highest BCUT2D eigenvalue weighted by molar-refractivity contribution is 7.71. The number of hydrogen-bond acceptors (Lipinski definition) is 2. The molecule has 2 heterocycles. The van der Waals surface area contributed by atoms with Gasteiger partial charge in [-0.15, -0.1) is 0 Å². The molecule has 1 fully saturated rings. The molecule has 4 nitrogen and oxygen atoms in total. The molecule has 2 rings (SSSR count). The van der Waals surface area contributed by atoms with E-state index in [1.54, 1.807) is 0 Å². The van der Waals surface area contributed by atoms with Crippen LogP contribution >= 0.6 is 12.2 Å². The molecule has 1 saturated heterocycles. The Kier molecular flexibility index (Phi) is 3.43. The van der Waals surface area contributed by atoms with Gasteiger partial charge in [-0.2, -0.15) is 0 Å². The molecule has 1 aromatic heterocycles. The maximum Gasteiger partial charge on any atom is 0.242 e. The van der Waals surface area contributed by atoms with E-state index in [0.717, 1.165) is 31.6 Å². The maximum atomic E-state index is 12.0. The highest BCUT2D eigenvalue weighted by atomic mass is 32.1. The molecule has 5 heteroatoms. The summed E-state index contributed by atoms with van der Waals surface area (Å²) in [6.07, 6.45) is 5.34. The van der Waals surface area contributed by atoms with E-state index in [4.69, 9.17) is 12.2 Å². The van der Waals surface area contributed by atoms with Crippen LogP contribution in [-0.4, -0.2) is 33.4 Å². The molecule has 0 radical (unpaired) electrons. The summed E-state index contributed by atoms with van der Waals surface area (Å²) in [4.78, 5) is 16.9. The van der Waals surface area contributed by atoms with Crippen LogP contribution < -0.4 is 0 Å². The minimum Gasteiger partial charge on any atom is -0.341 e. The van der Waals surface area contributed by atoms with Crippen LogP contribution in [0, 0.1) is 11.7 Å². The van der Waals surface area contributed by atoms with E-state index in [0.29, 0.717) is 11.3 Å². The molecule has 1 aliphatic heterocycles. The van der Waals surface area contributed by atoms with Gasteiger partial charge in [0.25, 0.3) is 0 Å². The van der Waals surface area contributed by atoms with E-state index in [9.17, 15) is 4.79 Å². The predicted molar refractivity (Wildman–Crippen MR) is 64.8 cm³/mol. The first-order chi connectivity index (χ1) is 7.68. The van der Waals surface area contributed by atoms with Crippen LogP contribution in [0.1, 0.15) is 25.0 Å². The number of nitrogens with one attached hydrogen (secondary N) is 1. The zero-order chi connectivity index (χ0) is 11.5. The Morgan fingerprint density at radius 2 is 2.12 bits per heavy atom. The molecule has 1 aromatic rings. The number of rotatable bonds is 2. The second-order valence-corrected chi connectivity index (χ2v) is 4.65. The summed E-state index contributed by atoms with van der Waals surface area (Å²) < 4.78 is 2.48. The summed E-state index contributed by atoms with van der Waals surface area (Å²) in [6, 6.07) is 0. The first-order valence-electron chi connectivity index (χ1n) is 5.71. The zero-order valence-electron chi connectivity index (χ0n) is 9.53. The van der Waals surface area contributed by atoms with Gasteiger partial charge in [-0.3, -0.25) is 4.79 Å². The number of carbonyl (C=O) groups excluding carboxylic acids is 1. The molecular formula is C11H17N3OS. The van der Waals surface area contributed by atoms with Crippen LogP contribution in [0.4, 0.5) is 0 Å². The summed E-state index contributed by atoms with van der Waals surface area (Å²) in [7, 11) is 0. The van der Waals surface area contributed by atoms with Crippen LogP contribution in [0.15, 0.2) is 6.20 Å². The quantitative estimate of drug-likeness (QED) is 0.800. The van der Waals surface area contributed by atoms with E-state index < -0.39 is 0 Å². The zero-order valence-corrected chi connectivity index (χ0v) is 10.3. The average molecular weight is 239 g/mol. The van der Waals surface area contributed by atoms with Gasteiger partial charge in [-0.05, 0) is 38.4 Å². The number of likely N-dealkylation sites (tertiary alicyclic amines) is 1. The van der Waals surface area contributed by atoms with Gasteiger partial charge in [-0.1, -0.05) is 0 Å². The smallest absolute Gasteiger partial charge is 0.242 e. The number of hydrogen-bond donors (Lipinski definition) is 1. The Labute approximate surface area is 100 Å². The van der Waals surface area contributed by atoms with Crippen molar-refractivity contribution in [2.45, 2.75) is 32.7 Å². The Hall–Kier alpha value is -1.10. The molecule has 0 unspecified atom stereocenters. The number of aromatic amines is 1. The van der Waals surface area contributed by atoms with E-state index in [1.807, 2.05) is 22.6 Å². The van der Waals surface area contributed by atoms with Gasteiger partial charge in [0.05, 0.1) is 0 Å². The summed E-state index contributed by atoms with van der Waals surface area (Å²) in [6.45, 7) is 4.12. The standard InChI is InChI=1S/C11H17N3OS/c1-9-7-12-11(16)14(9)8-10(15)13-5-3-2-4-6-13/h7H,2-6,8H2,1H3,(H,12,16). The molecule has 1 N–H and O–H groups in total. The van der Waals surface area contributed by atoms with Gasteiger partial charge in [0.2, 0.25) is 5.91 Å². The van der Waals surface area contributed by atoms with Crippen LogP contribution in [0.25, 0.3) is 0 Å². The lowest BCUT2D eigenvalue weighted by Crippen LogP contribution is -2.37. The fraction of sp³-hybridized carbons (Fsp3) is 0.636. The molecule has 1 aliphatic rings. The molecule has 0 spiro atoms. The molecule has 0 atom stereocenters. The summed E-state index contributed by atoms with van der Waals surface area (Å²) in [5, 5.41) is 0. The number of aromatic nitrogens is 2. The third-order valence-electron chi connectivity index (χ3n) is 3.08. The normalized spacial score (nSPS) is 16.4. The number of piperidine rings is 1. The molecule has 1 amide bonds. The van der Waals surface area contributed by atoms with Crippen molar-refractivity contribution in [2.75, 3.05) is 13.1 Å². The van der Waals surface area contributed by atoms with Crippen molar-refractivity contribution in [2.24, 2.45) is 0 Å². The van der Waals surface area contributed by atoms with Crippen LogP contribution in [0.3, 0.4) is 0 Å². The molecule has 0 bridgehead atoms. The first-order valence-corrected chi connectivity index (χ1v) is 6.12. The summed E-state index contributed by atoms with van der Waals surface area (Å²) in [5.74, 6) is 0.179. The number of H-pyrrole nitrogens is 1. The van der Waals surface area contributed by atoms with Gasteiger partial charge in [0, 0.05) is 25.0 Å². The van der Waals surface area contributed by atoms with Crippen molar-refractivity contribution < 1.29 is 4.79 Å². The maximum absolute atomic E-state index is 12.0. The summed E-state index contributed by atoms with van der Waals surface area (Å²) in [5.41, 5.74) is 1.01. The largest absolute Gasteiger partial charge is 0.341 e. The van der Waals surface area contributed by atoms with Crippen molar-refractivity contribution in [1.82, 2.24) is 14.5 Å². The van der Waals surface area contributed by atoms with Crippen LogP contribution in [0.2, 0.25) is 0 Å². The van der Waals surface area contributed by atoms with Crippen molar-refractivity contribution in [3.8, 4) is 0 Å². The van der Waals surface area contributed by atoms with E-state index >= 15 is 0 Å². The lowest BCUT2D eigenvalue weighted by atomic mass is 10.1. The Bertz CT molecular complexity index is 429. The molecule has 16 heavy (non-hydrogen) atoms. The lowest BCUT2D eigenvalue weighted by Gasteiger charge is -2.26. The van der Waals surface area contributed by atoms with Gasteiger partial charge in [0.1, 0.15) is 6.54 Å². The first kappa shape index (κ1) is 11.4. The van der Waals surface area contributed by atoms with Crippen molar-refractivity contribution in [3.05, 3.63) is 16.7 Å². The minimum atomic E-state index is 0.179. The predicted octanol–water partition coefficient (Wildman–Crippen LogP) is 1.87. The lowest BCUT2D eigenvalue weighted by molar-refractivity contribution is -0.132. The van der Waals surface area contributed by atoms with Crippen LogP contribution in [-0.2, 0) is 11.3 Å². The highest BCUT2D eigenvalue weighted by Gasteiger charge is 2.17. The second-order valence-electron chi connectivity index (χ2n) is 4.26. The molecule has 0 saturated carbocycles. The fourth-order valence-corrected chi connectivity index (χ4v) is 2.32. The number of aryl methyl sites for hydroxylation is 1. The Balaban J connectivity index is 2.04. The number of amides is 1. The van der Waals surface area contributed by atoms with E-state index in [2.05, 4.69) is 4.98 Å². The number of nitrogens with zero attached hydrogens (tertiary/aromatic N) is 2. The molecular weight excluding hydrogens is 222 g/mol. The van der Waals surface area contributed by atoms with Gasteiger partial charge < -0.3 is 14.5 Å². The highest BCUT2D eigenvalue weighted by Crippen LogP contribution is 2.10. The molecule has 0 aromatic carbocycles. The average Bonchev–Trinajstić information content (AvgIpc) is 2.62. The fourth-order valence-electron chi connectivity index (χ4n) is 2.06. The van der Waals surface area contributed by atoms with Gasteiger partial charge in [0.15, 0.2) is 4.77 Å². The SMILES string of the molecule is Cc1c[nH]c(=S)n1CC(=O)N1CCCCC1.